The Morgan fingerprint density at radius 2 is 1.34 bits per heavy atom. The number of hydrogen-bond donors (Lipinski definition) is 4. The summed E-state index contributed by atoms with van der Waals surface area (Å²) in [5.74, 6) is -0.665. The van der Waals surface area contributed by atoms with E-state index < -0.39 is 91.4 Å². The molecule has 4 N–H and O–H groups in total. The third-order valence-corrected chi connectivity index (χ3v) is 14.0. The maximum atomic E-state index is 13.9. The van der Waals surface area contributed by atoms with Crippen LogP contribution in [0.15, 0.2) is 24.3 Å². The Bertz CT molecular complexity index is 1460. The van der Waals surface area contributed by atoms with Gasteiger partial charge in [-0.2, -0.15) is 0 Å². The van der Waals surface area contributed by atoms with E-state index >= 15 is 0 Å². The molecule has 0 aromatic rings. The van der Waals surface area contributed by atoms with Crippen molar-refractivity contribution in [1.29, 1.82) is 0 Å². The molecular formula is C42H62O14. The minimum atomic E-state index is -1.13. The molecule has 8 fully saturated rings. The van der Waals surface area contributed by atoms with Crippen molar-refractivity contribution in [3.8, 4) is 0 Å². The summed E-state index contributed by atoms with van der Waals surface area (Å²) in [5, 5.41) is 43.2. The first kappa shape index (κ1) is 40.9. The smallest absolute Gasteiger partial charge is 0.308 e. The zero-order chi connectivity index (χ0) is 39.4. The van der Waals surface area contributed by atoms with Crippen molar-refractivity contribution in [2.75, 3.05) is 6.61 Å². The van der Waals surface area contributed by atoms with Gasteiger partial charge in [-0.15, -0.1) is 0 Å². The van der Waals surface area contributed by atoms with Crippen LogP contribution in [0.5, 0.6) is 0 Å². The first-order valence-corrected chi connectivity index (χ1v) is 21.2. The van der Waals surface area contributed by atoms with Gasteiger partial charge in [0.25, 0.3) is 0 Å². The summed E-state index contributed by atoms with van der Waals surface area (Å²) in [4.78, 5) is 27.0. The number of aliphatic hydroxyl groups is 4. The van der Waals surface area contributed by atoms with Crippen molar-refractivity contribution in [2.24, 2.45) is 11.8 Å². The lowest BCUT2D eigenvalue weighted by Crippen LogP contribution is -2.62. The van der Waals surface area contributed by atoms with Gasteiger partial charge >= 0.3 is 5.97 Å². The van der Waals surface area contributed by atoms with E-state index in [4.69, 9.17) is 37.9 Å². The molecular weight excluding hydrogens is 728 g/mol. The van der Waals surface area contributed by atoms with E-state index in [1.54, 1.807) is 0 Å². The van der Waals surface area contributed by atoms with Gasteiger partial charge in [-0.1, -0.05) is 27.0 Å². The molecule has 8 saturated heterocycles. The molecule has 0 saturated carbocycles. The summed E-state index contributed by atoms with van der Waals surface area (Å²) in [7, 11) is 0. The van der Waals surface area contributed by atoms with Crippen LogP contribution in [0.25, 0.3) is 0 Å². The molecule has 8 rings (SSSR count). The largest absolute Gasteiger partial charge is 0.459 e. The number of esters is 1. The van der Waals surface area contributed by atoms with Crippen molar-refractivity contribution >= 4 is 11.8 Å². The quantitative estimate of drug-likeness (QED) is 0.236. The van der Waals surface area contributed by atoms with E-state index in [0.29, 0.717) is 38.5 Å². The minimum Gasteiger partial charge on any atom is -0.459 e. The van der Waals surface area contributed by atoms with Gasteiger partial charge < -0.3 is 58.3 Å². The fourth-order valence-electron chi connectivity index (χ4n) is 10.8. The van der Waals surface area contributed by atoms with Crippen LogP contribution in [0, 0.1) is 11.8 Å². The van der Waals surface area contributed by atoms with E-state index in [0.717, 1.165) is 30.4 Å². The number of Topliss-reactive ketones (excluding diaryl/α,β-unsaturated/α-hetero) is 1. The van der Waals surface area contributed by atoms with E-state index in [1.807, 2.05) is 6.92 Å². The molecule has 0 radical (unpaired) electrons. The van der Waals surface area contributed by atoms with Crippen molar-refractivity contribution in [3.05, 3.63) is 24.3 Å². The maximum Gasteiger partial charge on any atom is 0.308 e. The van der Waals surface area contributed by atoms with E-state index in [2.05, 4.69) is 20.1 Å². The lowest BCUT2D eigenvalue weighted by Gasteiger charge is -2.51. The number of rotatable bonds is 2. The Kier molecular flexibility index (Phi) is 12.5. The molecule has 314 valence electrons. The second kappa shape index (κ2) is 17.0. The molecule has 8 bridgehead atoms. The maximum absolute atomic E-state index is 13.9. The number of ketones is 1. The standard InChI is InChI=1S/C42H62O14/c1-19-13-25-7-9-28-20(2)14-24(49-28)6-5-23(44)15-32-36(47)41-42(55-32)37(48)40-30(54-41)10-8-26(51-40)16-35(46)56-39-22(4)38-33(17-27(45)29(53-38)11-12-43)52-34(39)18-31(50-25)21(19)3/h19,22,24-34,36-43,45,47-48H,2-3,5-18H2,1,4H3/t19-,22+,24+,25?,26?,27-,28+,29-,30+,31-,32-,33+,34?,36+,37+,38+,39-,40+,41+,42?/m1/s1. The normalized spacial score (nSPS) is 50.5. The summed E-state index contributed by atoms with van der Waals surface area (Å²) in [6.45, 7) is 12.7. The van der Waals surface area contributed by atoms with Crippen molar-refractivity contribution in [2.45, 2.75) is 207 Å². The van der Waals surface area contributed by atoms with Crippen molar-refractivity contribution < 1.29 is 67.9 Å². The summed E-state index contributed by atoms with van der Waals surface area (Å²) in [6, 6.07) is 0. The molecule has 14 nitrogen and oxygen atoms in total. The van der Waals surface area contributed by atoms with E-state index in [1.165, 1.54) is 0 Å². The molecule has 20 atom stereocenters. The fourth-order valence-corrected chi connectivity index (χ4v) is 10.8. The fraction of sp³-hybridized carbons (Fsp3) is 0.857. The molecule has 8 aliphatic heterocycles. The van der Waals surface area contributed by atoms with Crippen LogP contribution >= 0.6 is 0 Å². The van der Waals surface area contributed by atoms with Gasteiger partial charge in [0.2, 0.25) is 0 Å². The molecule has 0 aromatic heterocycles. The highest BCUT2D eigenvalue weighted by Gasteiger charge is 2.57. The van der Waals surface area contributed by atoms with Gasteiger partial charge in [0.05, 0.1) is 79.7 Å². The monoisotopic (exact) mass is 790 g/mol. The average Bonchev–Trinajstić information content (AvgIpc) is 3.68. The number of aliphatic hydroxyl groups excluding tert-OH is 4. The first-order chi connectivity index (χ1) is 26.9. The number of carbonyl (C=O) groups excluding carboxylic acids is 2. The molecule has 4 unspecified atom stereocenters. The Morgan fingerprint density at radius 1 is 0.625 bits per heavy atom. The Hall–Kier alpha value is -1.82. The third-order valence-electron chi connectivity index (χ3n) is 14.0. The Morgan fingerprint density at radius 3 is 2.14 bits per heavy atom. The topological polar surface area (TPSA) is 189 Å². The summed E-state index contributed by atoms with van der Waals surface area (Å²) in [5.41, 5.74) is 1.97. The van der Waals surface area contributed by atoms with Crippen LogP contribution in [0.2, 0.25) is 0 Å². The first-order valence-electron chi connectivity index (χ1n) is 21.2. The van der Waals surface area contributed by atoms with Gasteiger partial charge in [0.1, 0.15) is 42.4 Å². The highest BCUT2D eigenvalue weighted by molar-refractivity contribution is 5.79. The minimum absolute atomic E-state index is 0.00469. The zero-order valence-electron chi connectivity index (χ0n) is 32.7. The second-order valence-electron chi connectivity index (χ2n) is 17.9. The van der Waals surface area contributed by atoms with E-state index in [9.17, 15) is 30.0 Å². The molecule has 14 heteroatoms. The van der Waals surface area contributed by atoms with Crippen LogP contribution in [-0.2, 0) is 47.5 Å². The highest BCUT2D eigenvalue weighted by atomic mass is 16.6. The van der Waals surface area contributed by atoms with Crippen LogP contribution in [0.4, 0.5) is 0 Å². The molecule has 0 aromatic carbocycles. The molecule has 8 aliphatic rings. The SMILES string of the molecule is C=C1C[C@@H]2CCC(=O)C[C@H]3OC4[C@@H](O)[C@H]5OC(CC[C@@H]5O[C@H]4[C@H]3O)CC(=O)O[C@H]3C(C[C@H]4OC(CC[C@@H]1O2)C[C@@H](C)C4=C)O[C@H]1C[C@@H](O)[C@@H](CCO)O[C@H]1[C@@H]3C. The lowest BCUT2D eigenvalue weighted by molar-refractivity contribution is -0.275. The zero-order valence-corrected chi connectivity index (χ0v) is 32.7. The van der Waals surface area contributed by atoms with Crippen molar-refractivity contribution in [1.82, 2.24) is 0 Å². The van der Waals surface area contributed by atoms with Gasteiger partial charge in [0.15, 0.2) is 0 Å². The predicted molar refractivity (Wildman–Crippen MR) is 197 cm³/mol. The lowest BCUT2D eigenvalue weighted by atomic mass is 9.79. The van der Waals surface area contributed by atoms with Crippen LogP contribution in [0.1, 0.15) is 97.3 Å². The molecule has 0 aliphatic carbocycles. The second-order valence-corrected chi connectivity index (χ2v) is 17.9. The number of carbonyl (C=O) groups is 2. The number of fused-ring (bicyclic) bond motifs is 8. The summed E-state index contributed by atoms with van der Waals surface area (Å²) < 4.78 is 51.3. The van der Waals surface area contributed by atoms with Gasteiger partial charge in [-0.05, 0) is 68.4 Å². The van der Waals surface area contributed by atoms with Crippen LogP contribution in [0.3, 0.4) is 0 Å². The number of ether oxygens (including phenoxy) is 8. The molecule has 0 amide bonds. The summed E-state index contributed by atoms with van der Waals surface area (Å²) in [6.07, 6.45) is -5.21. The number of hydrogen-bond acceptors (Lipinski definition) is 14. The average molecular weight is 791 g/mol. The van der Waals surface area contributed by atoms with E-state index in [-0.39, 0.29) is 74.3 Å². The van der Waals surface area contributed by atoms with Gasteiger partial charge in [0, 0.05) is 38.2 Å². The highest BCUT2D eigenvalue weighted by Crippen LogP contribution is 2.44. The predicted octanol–water partition coefficient (Wildman–Crippen LogP) is 2.38. The van der Waals surface area contributed by atoms with Crippen molar-refractivity contribution in [3.63, 3.8) is 0 Å². The Balaban J connectivity index is 1.03. The summed E-state index contributed by atoms with van der Waals surface area (Å²) >= 11 is 0. The third kappa shape index (κ3) is 8.32. The van der Waals surface area contributed by atoms with Crippen LogP contribution < -0.4 is 0 Å². The Labute approximate surface area is 329 Å². The van der Waals surface area contributed by atoms with Gasteiger partial charge in [-0.3, -0.25) is 9.59 Å². The van der Waals surface area contributed by atoms with Crippen LogP contribution in [-0.4, -0.2) is 149 Å². The molecule has 56 heavy (non-hydrogen) atoms. The molecule has 0 spiro atoms. The van der Waals surface area contributed by atoms with Gasteiger partial charge in [-0.25, -0.2) is 0 Å². The molecule has 8 heterocycles.